The number of nitrogens with one attached hydrogen (secondary N) is 1. The maximum Gasteiger partial charge on any atom is 0.285 e. The minimum Gasteiger partial charge on any atom is -0.497 e. The topological polar surface area (TPSA) is 65.4 Å². The first-order chi connectivity index (χ1) is 17.6. The van der Waals surface area contributed by atoms with Crippen LogP contribution in [0.1, 0.15) is 27.8 Å². The number of anilines is 1. The summed E-state index contributed by atoms with van der Waals surface area (Å²) in [6.45, 7) is 0. The Hall–Kier alpha value is -4.04. The Morgan fingerprint density at radius 3 is 2.19 bits per heavy atom. The van der Waals surface area contributed by atoms with Crippen molar-refractivity contribution >= 4 is 28.9 Å². The number of benzene rings is 2. The van der Waals surface area contributed by atoms with Crippen LogP contribution in [0.3, 0.4) is 0 Å². The van der Waals surface area contributed by atoms with Crippen LogP contribution >= 0.6 is 11.8 Å². The summed E-state index contributed by atoms with van der Waals surface area (Å²) in [5.41, 5.74) is 3.91. The van der Waals surface area contributed by atoms with Crippen molar-refractivity contribution in [3.8, 4) is 11.5 Å². The van der Waals surface area contributed by atoms with Gasteiger partial charge in [-0.05, 0) is 47.5 Å². The molecule has 5 rings (SSSR count). The van der Waals surface area contributed by atoms with Gasteiger partial charge in [-0.1, -0.05) is 30.3 Å². The van der Waals surface area contributed by atoms with E-state index in [9.17, 15) is 4.79 Å². The second kappa shape index (κ2) is 10.3. The Balaban J connectivity index is 1.47. The first-order valence-corrected chi connectivity index (χ1v) is 12.3. The number of amides is 1. The third-order valence-electron chi connectivity index (χ3n) is 6.05. The molecule has 1 N–H and O–H groups in total. The predicted molar refractivity (Wildman–Crippen MR) is 140 cm³/mol. The molecule has 0 saturated heterocycles. The number of nitrogens with zero attached hydrogens (tertiary/aromatic N) is 2. The van der Waals surface area contributed by atoms with E-state index in [4.69, 9.17) is 9.47 Å². The largest absolute Gasteiger partial charge is 0.497 e. The highest BCUT2D eigenvalue weighted by atomic mass is 32.2. The van der Waals surface area contributed by atoms with Gasteiger partial charge in [-0.25, -0.2) is 4.39 Å². The van der Waals surface area contributed by atoms with Crippen LogP contribution in [0.15, 0.2) is 91.1 Å². The number of methoxy groups -OCH3 is 2. The number of hydrogen-bond donors (Lipinski definition) is 1. The molecular weight excluding hydrogens is 477 g/mol. The number of hydrogen-bond acceptors (Lipinski definition) is 5. The fourth-order valence-corrected chi connectivity index (χ4v) is 5.52. The number of pyridine rings is 1. The van der Waals surface area contributed by atoms with E-state index in [1.807, 2.05) is 30.6 Å². The number of carbonyl (C=O) groups is 1. The van der Waals surface area contributed by atoms with E-state index in [0.29, 0.717) is 34.1 Å². The highest BCUT2D eigenvalue weighted by Gasteiger charge is 2.28. The highest BCUT2D eigenvalue weighted by Crippen LogP contribution is 2.43. The number of fused-ring (bicyclic) bond motifs is 1. The maximum absolute atomic E-state index is 15.9. The summed E-state index contributed by atoms with van der Waals surface area (Å²) in [6, 6.07) is 19.6. The number of carbonyl (C=O) groups excluding carboxylic acids is 1. The lowest BCUT2D eigenvalue weighted by molar-refractivity contribution is -0.114. The first-order valence-electron chi connectivity index (χ1n) is 11.3. The molecule has 1 aliphatic rings. The molecule has 0 unspecified atom stereocenters. The van der Waals surface area contributed by atoms with Gasteiger partial charge in [-0.15, -0.1) is 11.8 Å². The molecule has 8 heteroatoms. The normalized spacial score (nSPS) is 14.1. The van der Waals surface area contributed by atoms with Gasteiger partial charge in [-0.3, -0.25) is 9.78 Å². The van der Waals surface area contributed by atoms with Crippen LogP contribution in [-0.2, 0) is 10.5 Å². The van der Waals surface area contributed by atoms with Crippen LogP contribution in [0.25, 0.3) is 5.57 Å². The van der Waals surface area contributed by atoms with Crippen molar-refractivity contribution < 1.29 is 18.7 Å². The van der Waals surface area contributed by atoms with Crippen LogP contribution in [0, 0.1) is 0 Å². The predicted octanol–water partition coefficient (Wildman–Crippen LogP) is 6.06. The van der Waals surface area contributed by atoms with E-state index in [1.54, 1.807) is 80.7 Å². The SMILES string of the molecule is COc1ccc(C(=C(F)C(=O)Nc2ccn3c2CS[C@@H]3c2cccnc2)c2ccc(OC)cc2)cc1. The van der Waals surface area contributed by atoms with Crippen molar-refractivity contribution in [1.29, 1.82) is 0 Å². The average molecular weight is 502 g/mol. The van der Waals surface area contributed by atoms with Crippen LogP contribution in [0.5, 0.6) is 11.5 Å². The van der Waals surface area contributed by atoms with Crippen LogP contribution in [-0.4, -0.2) is 29.7 Å². The summed E-state index contributed by atoms with van der Waals surface area (Å²) >= 11 is 1.73. The van der Waals surface area contributed by atoms with Gasteiger partial charge in [0.15, 0.2) is 5.83 Å². The molecule has 2 aromatic heterocycles. The Morgan fingerprint density at radius 1 is 1.00 bits per heavy atom. The Kier molecular flexibility index (Phi) is 6.77. The molecule has 2 aromatic carbocycles. The smallest absolute Gasteiger partial charge is 0.285 e. The molecule has 1 aliphatic heterocycles. The summed E-state index contributed by atoms with van der Waals surface area (Å²) in [4.78, 5) is 17.4. The van der Waals surface area contributed by atoms with Crippen molar-refractivity contribution in [2.75, 3.05) is 19.5 Å². The monoisotopic (exact) mass is 501 g/mol. The molecule has 0 saturated carbocycles. The molecule has 1 amide bonds. The second-order valence-corrected chi connectivity index (χ2v) is 9.20. The van der Waals surface area contributed by atoms with Gasteiger partial charge in [0.1, 0.15) is 16.9 Å². The van der Waals surface area contributed by atoms with E-state index in [0.717, 1.165) is 11.3 Å². The Bertz CT molecular complexity index is 1350. The summed E-state index contributed by atoms with van der Waals surface area (Å²) in [5, 5.41) is 2.85. The quantitative estimate of drug-likeness (QED) is 0.312. The zero-order valence-electron chi connectivity index (χ0n) is 19.8. The molecule has 182 valence electrons. The van der Waals surface area contributed by atoms with E-state index in [-0.39, 0.29) is 10.9 Å². The van der Waals surface area contributed by atoms with Crippen molar-refractivity contribution in [3.05, 3.63) is 114 Å². The van der Waals surface area contributed by atoms with Crippen molar-refractivity contribution in [3.63, 3.8) is 0 Å². The van der Waals surface area contributed by atoms with Crippen LogP contribution in [0.4, 0.5) is 10.1 Å². The fraction of sp³-hybridized carbons (Fsp3) is 0.143. The molecule has 1 atom stereocenters. The van der Waals surface area contributed by atoms with Crippen molar-refractivity contribution in [2.24, 2.45) is 0 Å². The number of ether oxygens (including phenoxy) is 2. The van der Waals surface area contributed by atoms with Crippen LogP contribution < -0.4 is 14.8 Å². The molecule has 0 radical (unpaired) electrons. The zero-order valence-corrected chi connectivity index (χ0v) is 20.6. The van der Waals surface area contributed by atoms with Gasteiger partial charge in [0.25, 0.3) is 5.91 Å². The summed E-state index contributed by atoms with van der Waals surface area (Å²) < 4.78 is 28.4. The number of rotatable bonds is 7. The van der Waals surface area contributed by atoms with E-state index >= 15 is 4.39 Å². The van der Waals surface area contributed by atoms with Gasteiger partial charge in [0.2, 0.25) is 0 Å². The van der Waals surface area contributed by atoms with Gasteiger partial charge < -0.3 is 19.4 Å². The third kappa shape index (κ3) is 4.59. The minimum atomic E-state index is -0.875. The highest BCUT2D eigenvalue weighted by molar-refractivity contribution is 7.99. The molecular formula is C28H24FN3O3S. The van der Waals surface area contributed by atoms with Crippen molar-refractivity contribution in [1.82, 2.24) is 9.55 Å². The third-order valence-corrected chi connectivity index (χ3v) is 7.30. The van der Waals surface area contributed by atoms with Crippen molar-refractivity contribution in [2.45, 2.75) is 11.1 Å². The number of aromatic nitrogens is 2. The lowest BCUT2D eigenvalue weighted by atomic mass is 9.96. The van der Waals surface area contributed by atoms with E-state index < -0.39 is 11.7 Å². The molecule has 4 aromatic rings. The minimum absolute atomic E-state index is 0.0638. The molecule has 6 nitrogen and oxygen atoms in total. The molecule has 36 heavy (non-hydrogen) atoms. The maximum atomic E-state index is 15.9. The summed E-state index contributed by atoms with van der Waals surface area (Å²) in [7, 11) is 3.13. The summed E-state index contributed by atoms with van der Waals surface area (Å²) in [6.07, 6.45) is 5.49. The molecule has 0 aliphatic carbocycles. The summed E-state index contributed by atoms with van der Waals surface area (Å²) in [5.74, 6) is 0.294. The lowest BCUT2D eigenvalue weighted by Crippen LogP contribution is -2.14. The lowest BCUT2D eigenvalue weighted by Gasteiger charge is -2.13. The average Bonchev–Trinajstić information content (AvgIpc) is 3.53. The first kappa shape index (κ1) is 23.7. The van der Waals surface area contributed by atoms with Gasteiger partial charge >= 0.3 is 0 Å². The molecule has 0 bridgehead atoms. The second-order valence-electron chi connectivity index (χ2n) is 8.13. The molecule has 0 fully saturated rings. The Labute approximate surface area is 212 Å². The number of halogens is 1. The molecule has 0 spiro atoms. The molecule has 3 heterocycles. The van der Waals surface area contributed by atoms with Gasteiger partial charge in [0, 0.05) is 35.5 Å². The number of thioether (sulfide) groups is 1. The van der Waals surface area contributed by atoms with Crippen LogP contribution in [0.2, 0.25) is 0 Å². The fourth-order valence-electron chi connectivity index (χ4n) is 4.21. The van der Waals surface area contributed by atoms with Gasteiger partial charge in [-0.2, -0.15) is 0 Å². The van der Waals surface area contributed by atoms with E-state index in [2.05, 4.69) is 14.9 Å². The zero-order chi connectivity index (χ0) is 25.1. The standard InChI is InChI=1S/C28H24FN3O3S/c1-34-21-9-5-18(6-10-21)25(19-7-11-22(35-2)12-8-19)26(29)27(33)31-23-13-15-32-24(23)17-36-28(32)20-4-3-14-30-16-20/h3-16,28H,17H2,1-2H3,(H,31,33)/t28-/m1/s1. The van der Waals surface area contributed by atoms with Gasteiger partial charge in [0.05, 0.1) is 25.6 Å². The van der Waals surface area contributed by atoms with E-state index in [1.165, 1.54) is 0 Å². The Morgan fingerprint density at radius 2 is 1.64 bits per heavy atom.